The molecule has 0 fully saturated rings. The van der Waals surface area contributed by atoms with E-state index in [1.165, 1.54) is 5.56 Å². The number of carbonyl (C=O) groups excluding carboxylic acids is 1. The number of urea groups is 1. The standard InChI is InChI=1S/C16H19N3O/c1-12-6-3-4-8-15(12)13(2)19-16(20)18-11-14-7-5-9-17-10-14/h3-10,13H,11H2,1-2H3,(H2,18,19,20). The summed E-state index contributed by atoms with van der Waals surface area (Å²) >= 11 is 0. The van der Waals surface area contributed by atoms with Crippen LogP contribution in [-0.2, 0) is 6.54 Å². The molecule has 4 heteroatoms. The fraction of sp³-hybridized carbons (Fsp3) is 0.250. The molecule has 1 unspecified atom stereocenters. The third-order valence-corrected chi connectivity index (χ3v) is 3.18. The molecule has 2 amide bonds. The lowest BCUT2D eigenvalue weighted by Crippen LogP contribution is -2.36. The maximum Gasteiger partial charge on any atom is 0.315 e. The number of nitrogens with one attached hydrogen (secondary N) is 2. The number of benzene rings is 1. The van der Waals surface area contributed by atoms with Crippen molar-refractivity contribution in [1.82, 2.24) is 15.6 Å². The molecular formula is C16H19N3O. The van der Waals surface area contributed by atoms with Gasteiger partial charge in [-0.2, -0.15) is 0 Å². The molecule has 2 aromatic rings. The molecule has 0 aliphatic carbocycles. The van der Waals surface area contributed by atoms with Gasteiger partial charge in [-0.25, -0.2) is 4.79 Å². The molecule has 1 atom stereocenters. The minimum absolute atomic E-state index is 0.0231. The van der Waals surface area contributed by atoms with Crippen LogP contribution >= 0.6 is 0 Å². The van der Waals surface area contributed by atoms with Crippen LogP contribution < -0.4 is 10.6 Å². The van der Waals surface area contributed by atoms with Gasteiger partial charge >= 0.3 is 6.03 Å². The van der Waals surface area contributed by atoms with Gasteiger partial charge < -0.3 is 10.6 Å². The van der Waals surface area contributed by atoms with Gasteiger partial charge in [0.05, 0.1) is 6.04 Å². The number of aryl methyl sites for hydroxylation is 1. The van der Waals surface area contributed by atoms with E-state index >= 15 is 0 Å². The van der Waals surface area contributed by atoms with Crippen molar-refractivity contribution in [3.8, 4) is 0 Å². The minimum atomic E-state index is -0.176. The summed E-state index contributed by atoms with van der Waals surface area (Å²) in [5.74, 6) is 0. The number of nitrogens with zero attached hydrogens (tertiary/aromatic N) is 1. The lowest BCUT2D eigenvalue weighted by atomic mass is 10.0. The summed E-state index contributed by atoms with van der Waals surface area (Å²) in [6.45, 7) is 4.49. The molecule has 20 heavy (non-hydrogen) atoms. The van der Waals surface area contributed by atoms with E-state index < -0.39 is 0 Å². The predicted molar refractivity (Wildman–Crippen MR) is 79.2 cm³/mol. The first-order valence-corrected chi connectivity index (χ1v) is 6.65. The number of rotatable bonds is 4. The minimum Gasteiger partial charge on any atom is -0.334 e. The van der Waals surface area contributed by atoms with Gasteiger partial charge in [-0.3, -0.25) is 4.98 Å². The highest BCUT2D eigenvalue weighted by Gasteiger charge is 2.10. The Morgan fingerprint density at radius 2 is 2.05 bits per heavy atom. The molecule has 104 valence electrons. The quantitative estimate of drug-likeness (QED) is 0.896. The van der Waals surface area contributed by atoms with Crippen molar-refractivity contribution in [2.24, 2.45) is 0 Å². The van der Waals surface area contributed by atoms with E-state index in [2.05, 4.69) is 15.6 Å². The maximum atomic E-state index is 11.9. The van der Waals surface area contributed by atoms with E-state index in [1.807, 2.05) is 50.2 Å². The van der Waals surface area contributed by atoms with Gasteiger partial charge in [0.15, 0.2) is 0 Å². The number of amides is 2. The number of hydrogen-bond donors (Lipinski definition) is 2. The Balaban J connectivity index is 1.87. The Labute approximate surface area is 119 Å². The number of carbonyl (C=O) groups is 1. The summed E-state index contributed by atoms with van der Waals surface area (Å²) in [5, 5.41) is 5.77. The summed E-state index contributed by atoms with van der Waals surface area (Å²) in [6.07, 6.45) is 3.45. The molecule has 2 N–H and O–H groups in total. The van der Waals surface area contributed by atoms with Crippen LogP contribution in [0, 0.1) is 6.92 Å². The van der Waals surface area contributed by atoms with Crippen LogP contribution in [0.1, 0.15) is 29.7 Å². The number of pyridine rings is 1. The van der Waals surface area contributed by atoms with Crippen LogP contribution in [0.2, 0.25) is 0 Å². The van der Waals surface area contributed by atoms with Gasteiger partial charge in [0, 0.05) is 18.9 Å². The summed E-state index contributed by atoms with van der Waals surface area (Å²) in [6, 6.07) is 11.6. The monoisotopic (exact) mass is 269 g/mol. The Kier molecular flexibility index (Phi) is 4.71. The van der Waals surface area contributed by atoms with Crippen LogP contribution in [-0.4, -0.2) is 11.0 Å². The van der Waals surface area contributed by atoms with E-state index in [0.29, 0.717) is 6.54 Å². The average molecular weight is 269 g/mol. The van der Waals surface area contributed by atoms with Crippen LogP contribution in [0.15, 0.2) is 48.8 Å². The third kappa shape index (κ3) is 3.82. The smallest absolute Gasteiger partial charge is 0.315 e. The molecule has 0 saturated carbocycles. The van der Waals surface area contributed by atoms with Crippen molar-refractivity contribution in [1.29, 1.82) is 0 Å². The third-order valence-electron chi connectivity index (χ3n) is 3.18. The number of aromatic nitrogens is 1. The lowest BCUT2D eigenvalue weighted by Gasteiger charge is -2.17. The Morgan fingerprint density at radius 3 is 2.75 bits per heavy atom. The Bertz CT molecular complexity index is 569. The molecule has 0 spiro atoms. The van der Waals surface area contributed by atoms with Crippen molar-refractivity contribution in [3.05, 3.63) is 65.5 Å². The first-order valence-electron chi connectivity index (χ1n) is 6.65. The highest BCUT2D eigenvalue weighted by Crippen LogP contribution is 2.16. The Hall–Kier alpha value is -2.36. The lowest BCUT2D eigenvalue weighted by molar-refractivity contribution is 0.237. The maximum absolute atomic E-state index is 11.9. The highest BCUT2D eigenvalue weighted by molar-refractivity contribution is 5.74. The summed E-state index contributed by atoms with van der Waals surface area (Å²) in [7, 11) is 0. The summed E-state index contributed by atoms with van der Waals surface area (Å²) in [5.41, 5.74) is 3.28. The topological polar surface area (TPSA) is 54.0 Å². The van der Waals surface area contributed by atoms with E-state index in [9.17, 15) is 4.79 Å². The van der Waals surface area contributed by atoms with E-state index in [-0.39, 0.29) is 12.1 Å². The molecule has 0 radical (unpaired) electrons. The van der Waals surface area contributed by atoms with Crippen LogP contribution in [0.4, 0.5) is 4.79 Å². The molecule has 0 aliphatic rings. The normalized spacial score (nSPS) is 11.7. The largest absolute Gasteiger partial charge is 0.334 e. The van der Waals surface area contributed by atoms with Gasteiger partial charge in [-0.1, -0.05) is 30.3 Å². The Morgan fingerprint density at radius 1 is 1.25 bits per heavy atom. The van der Waals surface area contributed by atoms with Crippen LogP contribution in [0.25, 0.3) is 0 Å². The van der Waals surface area contributed by atoms with Crippen molar-refractivity contribution in [2.75, 3.05) is 0 Å². The van der Waals surface area contributed by atoms with E-state index in [4.69, 9.17) is 0 Å². The molecule has 1 aromatic carbocycles. The van der Waals surface area contributed by atoms with Gasteiger partial charge in [-0.05, 0) is 36.6 Å². The van der Waals surface area contributed by atoms with Crippen molar-refractivity contribution in [2.45, 2.75) is 26.4 Å². The SMILES string of the molecule is Cc1ccccc1C(C)NC(=O)NCc1cccnc1. The molecule has 0 aliphatic heterocycles. The van der Waals surface area contributed by atoms with E-state index in [1.54, 1.807) is 12.4 Å². The molecule has 1 aromatic heterocycles. The zero-order valence-corrected chi connectivity index (χ0v) is 11.8. The predicted octanol–water partition coefficient (Wildman–Crippen LogP) is 2.95. The molecule has 1 heterocycles. The molecule has 0 bridgehead atoms. The first-order chi connectivity index (χ1) is 9.66. The van der Waals surface area contributed by atoms with Crippen LogP contribution in [0.3, 0.4) is 0 Å². The van der Waals surface area contributed by atoms with Crippen molar-refractivity contribution in [3.63, 3.8) is 0 Å². The molecule has 4 nitrogen and oxygen atoms in total. The first kappa shape index (κ1) is 14.1. The second kappa shape index (κ2) is 6.70. The van der Waals surface area contributed by atoms with Gasteiger partial charge in [0.2, 0.25) is 0 Å². The summed E-state index contributed by atoms with van der Waals surface area (Å²) in [4.78, 5) is 15.9. The zero-order chi connectivity index (χ0) is 14.4. The average Bonchev–Trinajstić information content (AvgIpc) is 2.46. The van der Waals surface area contributed by atoms with Crippen molar-refractivity contribution < 1.29 is 4.79 Å². The highest BCUT2D eigenvalue weighted by atomic mass is 16.2. The van der Waals surface area contributed by atoms with Crippen LogP contribution in [0.5, 0.6) is 0 Å². The zero-order valence-electron chi connectivity index (χ0n) is 11.8. The second-order valence-electron chi connectivity index (χ2n) is 4.77. The van der Waals surface area contributed by atoms with Gasteiger partial charge in [-0.15, -0.1) is 0 Å². The fourth-order valence-corrected chi connectivity index (χ4v) is 2.08. The molecule has 0 saturated heterocycles. The van der Waals surface area contributed by atoms with Crippen molar-refractivity contribution >= 4 is 6.03 Å². The number of hydrogen-bond acceptors (Lipinski definition) is 2. The molecular weight excluding hydrogens is 250 g/mol. The summed E-state index contributed by atoms with van der Waals surface area (Å²) < 4.78 is 0. The second-order valence-corrected chi connectivity index (χ2v) is 4.77. The van der Waals surface area contributed by atoms with E-state index in [0.717, 1.165) is 11.1 Å². The fourth-order valence-electron chi connectivity index (χ4n) is 2.08. The van der Waals surface area contributed by atoms with Gasteiger partial charge in [0.25, 0.3) is 0 Å². The van der Waals surface area contributed by atoms with Gasteiger partial charge in [0.1, 0.15) is 0 Å². The molecule has 2 rings (SSSR count).